The molecule has 1 aliphatic carbocycles. The Bertz CT molecular complexity index is 573. The number of hydrogen-bond acceptors (Lipinski definition) is 3. The van der Waals surface area contributed by atoms with Gasteiger partial charge in [0.05, 0.1) is 4.90 Å². The first kappa shape index (κ1) is 12.1. The van der Waals surface area contributed by atoms with E-state index in [9.17, 15) is 8.42 Å². The molecule has 1 heterocycles. The molecule has 1 saturated heterocycles. The molecule has 1 aromatic rings. The predicted octanol–water partition coefficient (Wildman–Crippen LogP) is 0.800. The van der Waals surface area contributed by atoms with Crippen LogP contribution in [0.25, 0.3) is 0 Å². The van der Waals surface area contributed by atoms with Crippen LogP contribution in [0.3, 0.4) is 0 Å². The molecule has 2 N–H and O–H groups in total. The topological polar surface area (TPSA) is 58.2 Å². The number of benzene rings is 1. The second-order valence-electron chi connectivity index (χ2n) is 5.40. The summed E-state index contributed by atoms with van der Waals surface area (Å²) in [5.74, 6) is 0.982. The van der Waals surface area contributed by atoms with Gasteiger partial charge in [-0.2, -0.15) is 0 Å². The fraction of sp³-hybridized carbons (Fsp3) is 0.538. The van der Waals surface area contributed by atoms with Crippen molar-refractivity contribution in [2.24, 2.45) is 11.8 Å². The summed E-state index contributed by atoms with van der Waals surface area (Å²) in [6.45, 7) is 5.68. The first-order valence-corrected chi connectivity index (χ1v) is 7.78. The maximum absolute atomic E-state index is 12.3. The molecule has 1 aliphatic heterocycles. The van der Waals surface area contributed by atoms with Gasteiger partial charge in [-0.1, -0.05) is 17.7 Å². The highest BCUT2D eigenvalue weighted by Crippen LogP contribution is 2.42. The summed E-state index contributed by atoms with van der Waals surface area (Å²) in [5.41, 5.74) is 1.89. The number of rotatable bonds is 3. The maximum Gasteiger partial charge on any atom is 0.241 e. The third-order valence-corrected chi connectivity index (χ3v) is 5.62. The second-order valence-corrected chi connectivity index (χ2v) is 7.08. The Morgan fingerprint density at radius 3 is 2.50 bits per heavy atom. The van der Waals surface area contributed by atoms with Crippen LogP contribution in [0.4, 0.5) is 0 Å². The normalized spacial score (nSPS) is 30.2. The minimum absolute atomic E-state index is 0.136. The zero-order chi connectivity index (χ0) is 12.9. The van der Waals surface area contributed by atoms with Crippen molar-refractivity contribution in [2.75, 3.05) is 13.1 Å². The molecular weight excluding hydrogens is 248 g/mol. The molecule has 5 heteroatoms. The molecule has 2 atom stereocenters. The van der Waals surface area contributed by atoms with Crippen LogP contribution in [0.15, 0.2) is 23.1 Å². The molecule has 2 fully saturated rings. The predicted molar refractivity (Wildman–Crippen MR) is 69.9 cm³/mol. The Kier molecular flexibility index (Phi) is 2.73. The summed E-state index contributed by atoms with van der Waals surface area (Å²) >= 11 is 0. The lowest BCUT2D eigenvalue weighted by molar-refractivity contribution is 0.564. The Labute approximate surface area is 108 Å². The van der Waals surface area contributed by atoms with Crippen LogP contribution in [0, 0.1) is 25.7 Å². The van der Waals surface area contributed by atoms with Crippen molar-refractivity contribution < 1.29 is 8.42 Å². The van der Waals surface area contributed by atoms with E-state index in [2.05, 4.69) is 10.0 Å². The zero-order valence-electron chi connectivity index (χ0n) is 10.6. The van der Waals surface area contributed by atoms with Gasteiger partial charge in [-0.25, -0.2) is 13.1 Å². The molecule has 0 radical (unpaired) electrons. The van der Waals surface area contributed by atoms with Crippen molar-refractivity contribution in [3.05, 3.63) is 29.3 Å². The average molecular weight is 266 g/mol. The van der Waals surface area contributed by atoms with Gasteiger partial charge in [-0.15, -0.1) is 0 Å². The van der Waals surface area contributed by atoms with Gasteiger partial charge in [0.25, 0.3) is 0 Å². The molecule has 3 rings (SSSR count). The molecule has 0 spiro atoms. The van der Waals surface area contributed by atoms with Crippen LogP contribution in [-0.4, -0.2) is 27.5 Å². The maximum atomic E-state index is 12.3. The van der Waals surface area contributed by atoms with Crippen molar-refractivity contribution in [3.63, 3.8) is 0 Å². The molecule has 2 unspecified atom stereocenters. The smallest absolute Gasteiger partial charge is 0.241 e. The number of piperidine rings is 1. The van der Waals surface area contributed by atoms with Gasteiger partial charge < -0.3 is 5.32 Å². The van der Waals surface area contributed by atoms with Crippen LogP contribution in [0.5, 0.6) is 0 Å². The van der Waals surface area contributed by atoms with E-state index in [-0.39, 0.29) is 6.04 Å². The Morgan fingerprint density at radius 2 is 1.89 bits per heavy atom. The molecule has 98 valence electrons. The van der Waals surface area contributed by atoms with Crippen LogP contribution >= 0.6 is 0 Å². The van der Waals surface area contributed by atoms with Gasteiger partial charge in [0.15, 0.2) is 0 Å². The van der Waals surface area contributed by atoms with Gasteiger partial charge in [0.1, 0.15) is 0 Å². The van der Waals surface area contributed by atoms with E-state index >= 15 is 0 Å². The average Bonchev–Trinajstić information content (AvgIpc) is 2.74. The molecule has 0 bridgehead atoms. The number of fused-ring (bicyclic) bond motifs is 1. The first-order chi connectivity index (χ1) is 8.49. The molecule has 0 aromatic heterocycles. The summed E-state index contributed by atoms with van der Waals surface area (Å²) in [5, 5.41) is 3.26. The van der Waals surface area contributed by atoms with E-state index in [1.54, 1.807) is 6.07 Å². The molecule has 1 aromatic carbocycles. The minimum atomic E-state index is -3.36. The summed E-state index contributed by atoms with van der Waals surface area (Å²) in [7, 11) is -3.36. The van der Waals surface area contributed by atoms with E-state index in [0.29, 0.717) is 16.7 Å². The van der Waals surface area contributed by atoms with E-state index in [1.807, 2.05) is 26.0 Å². The third kappa shape index (κ3) is 1.96. The lowest BCUT2D eigenvalue weighted by Gasteiger charge is -2.11. The quantitative estimate of drug-likeness (QED) is 0.851. The van der Waals surface area contributed by atoms with Crippen LogP contribution in [-0.2, 0) is 10.0 Å². The van der Waals surface area contributed by atoms with E-state index in [4.69, 9.17) is 0 Å². The molecular formula is C13H18N2O2S. The summed E-state index contributed by atoms with van der Waals surface area (Å²) in [6.07, 6.45) is 0. The molecule has 1 saturated carbocycles. The van der Waals surface area contributed by atoms with Crippen molar-refractivity contribution in [2.45, 2.75) is 24.8 Å². The van der Waals surface area contributed by atoms with Crippen molar-refractivity contribution in [1.29, 1.82) is 0 Å². The Hall–Kier alpha value is -0.910. The Balaban J connectivity index is 1.82. The second kappa shape index (κ2) is 4.05. The highest BCUT2D eigenvalue weighted by molar-refractivity contribution is 7.89. The van der Waals surface area contributed by atoms with E-state index < -0.39 is 10.0 Å². The standard InChI is InChI=1S/C13H18N2O2S/c1-8-3-4-12(9(2)5-8)18(16,17)15-13-10-6-14-7-11(10)13/h3-5,10-11,13-15H,6-7H2,1-2H3. The monoisotopic (exact) mass is 266 g/mol. The van der Waals surface area contributed by atoms with Crippen LogP contribution in [0.1, 0.15) is 11.1 Å². The number of aryl methyl sites for hydroxylation is 2. The van der Waals surface area contributed by atoms with Crippen molar-refractivity contribution in [3.8, 4) is 0 Å². The molecule has 2 aliphatic rings. The lowest BCUT2D eigenvalue weighted by atomic mass is 10.2. The van der Waals surface area contributed by atoms with Crippen molar-refractivity contribution in [1.82, 2.24) is 10.0 Å². The first-order valence-electron chi connectivity index (χ1n) is 6.29. The fourth-order valence-electron chi connectivity index (χ4n) is 2.94. The van der Waals surface area contributed by atoms with Gasteiger partial charge in [0.2, 0.25) is 10.0 Å². The van der Waals surface area contributed by atoms with Crippen LogP contribution < -0.4 is 10.0 Å². The van der Waals surface area contributed by atoms with Gasteiger partial charge in [-0.05, 0) is 50.4 Å². The number of sulfonamides is 1. The van der Waals surface area contributed by atoms with Crippen molar-refractivity contribution >= 4 is 10.0 Å². The number of hydrogen-bond donors (Lipinski definition) is 2. The summed E-state index contributed by atoms with van der Waals surface area (Å²) < 4.78 is 27.5. The van der Waals surface area contributed by atoms with Gasteiger partial charge in [-0.3, -0.25) is 0 Å². The summed E-state index contributed by atoms with van der Waals surface area (Å²) in [6, 6.07) is 5.58. The molecule has 0 amide bonds. The van der Waals surface area contributed by atoms with E-state index in [0.717, 1.165) is 24.2 Å². The minimum Gasteiger partial charge on any atom is -0.316 e. The highest BCUT2D eigenvalue weighted by atomic mass is 32.2. The number of nitrogens with one attached hydrogen (secondary N) is 2. The fourth-order valence-corrected chi connectivity index (χ4v) is 4.50. The van der Waals surface area contributed by atoms with Gasteiger partial charge in [0, 0.05) is 6.04 Å². The van der Waals surface area contributed by atoms with Crippen LogP contribution in [0.2, 0.25) is 0 Å². The van der Waals surface area contributed by atoms with E-state index in [1.165, 1.54) is 0 Å². The van der Waals surface area contributed by atoms with Gasteiger partial charge >= 0.3 is 0 Å². The molecule has 4 nitrogen and oxygen atoms in total. The third-order valence-electron chi connectivity index (χ3n) is 4.00. The summed E-state index contributed by atoms with van der Waals surface area (Å²) in [4.78, 5) is 0.408. The largest absolute Gasteiger partial charge is 0.316 e. The highest BCUT2D eigenvalue weighted by Gasteiger charge is 2.54. The molecule has 18 heavy (non-hydrogen) atoms. The lowest BCUT2D eigenvalue weighted by Crippen LogP contribution is -2.32. The SMILES string of the molecule is Cc1ccc(S(=O)(=O)NC2C3CNCC32)c(C)c1. The zero-order valence-corrected chi connectivity index (χ0v) is 11.4. The Morgan fingerprint density at radius 1 is 1.22 bits per heavy atom.